The molecule has 0 N–H and O–H groups in total. The van der Waals surface area contributed by atoms with E-state index in [4.69, 9.17) is 14.0 Å². The van der Waals surface area contributed by atoms with Crippen LogP contribution in [0.25, 0.3) is 0 Å². The zero-order valence-corrected chi connectivity index (χ0v) is 17.2. The third-order valence-electron chi connectivity index (χ3n) is 4.52. The molecule has 1 aromatic rings. The molecule has 1 amide bonds. The number of ether oxygens (including phenoxy) is 1. The van der Waals surface area contributed by atoms with Gasteiger partial charge in [-0.05, 0) is 64.6 Å². The molecule has 0 bridgehead atoms. The van der Waals surface area contributed by atoms with E-state index in [9.17, 15) is 4.79 Å². The molecule has 0 spiro atoms. The maximum absolute atomic E-state index is 12.5. The van der Waals surface area contributed by atoms with Crippen LogP contribution in [-0.2, 0) is 27.1 Å². The maximum Gasteiger partial charge on any atom is 0.494 e. The van der Waals surface area contributed by atoms with Crippen LogP contribution in [0.2, 0.25) is 0 Å². The van der Waals surface area contributed by atoms with Crippen molar-refractivity contribution < 1.29 is 18.8 Å². The van der Waals surface area contributed by atoms with Gasteiger partial charge in [0.05, 0.1) is 0 Å². The molecule has 0 unspecified atom stereocenters. The Morgan fingerprint density at radius 2 is 1.85 bits per heavy atom. The van der Waals surface area contributed by atoms with E-state index in [-0.39, 0.29) is 11.7 Å². The van der Waals surface area contributed by atoms with Gasteiger partial charge in [0.2, 0.25) is 0 Å². The van der Waals surface area contributed by atoms with E-state index in [2.05, 4.69) is 26.8 Å². The van der Waals surface area contributed by atoms with Crippen molar-refractivity contribution in [2.24, 2.45) is 0 Å². The second-order valence-electron chi connectivity index (χ2n) is 8.34. The molecule has 26 heavy (non-hydrogen) atoms. The first-order valence-electron chi connectivity index (χ1n) is 9.44. The summed E-state index contributed by atoms with van der Waals surface area (Å²) >= 11 is 0. The van der Waals surface area contributed by atoms with Crippen molar-refractivity contribution in [3.63, 3.8) is 0 Å². The number of hydrogen-bond acceptors (Lipinski definition) is 4. The fraction of sp³-hybridized carbons (Fsp3) is 0.650. The molecule has 0 fully saturated rings. The van der Waals surface area contributed by atoms with E-state index >= 15 is 0 Å². The second kappa shape index (κ2) is 8.01. The lowest BCUT2D eigenvalue weighted by Crippen LogP contribution is -2.45. The fourth-order valence-electron chi connectivity index (χ4n) is 2.84. The minimum Gasteiger partial charge on any atom is -0.444 e. The van der Waals surface area contributed by atoms with Gasteiger partial charge in [-0.25, -0.2) is 4.79 Å². The summed E-state index contributed by atoms with van der Waals surface area (Å²) in [7, 11) is -0.441. The number of carbonyl (C=O) groups is 1. The molecule has 0 saturated carbocycles. The van der Waals surface area contributed by atoms with Crippen molar-refractivity contribution in [2.75, 3.05) is 6.61 Å². The number of amides is 1. The quantitative estimate of drug-likeness (QED) is 0.722. The van der Waals surface area contributed by atoms with Crippen LogP contribution in [0.3, 0.4) is 0 Å². The molecule has 144 valence electrons. The average molecular weight is 361 g/mol. The Balaban J connectivity index is 2.24. The Labute approximate surface area is 158 Å². The summed E-state index contributed by atoms with van der Waals surface area (Å²) < 4.78 is 17.7. The van der Waals surface area contributed by atoms with E-state index in [1.165, 1.54) is 0 Å². The Morgan fingerprint density at radius 3 is 2.42 bits per heavy atom. The normalized spacial score (nSPS) is 14.3. The van der Waals surface area contributed by atoms with E-state index in [1.807, 2.05) is 39.8 Å². The van der Waals surface area contributed by atoms with Gasteiger partial charge in [0.1, 0.15) is 5.60 Å². The van der Waals surface area contributed by atoms with Crippen LogP contribution in [0.4, 0.5) is 4.79 Å². The first kappa shape index (κ1) is 20.8. The molecule has 0 saturated heterocycles. The maximum atomic E-state index is 12.5. The standard InChI is InChI=1S/C20H32BNO4/c1-8-20(6,7)26-21(24-9-2)17-12-10-11-15-13-22(14-16(15)17)18(23)25-19(3,4)5/h10-12H,8-9,13-14H2,1-7H3. The first-order valence-corrected chi connectivity index (χ1v) is 9.44. The molecular weight excluding hydrogens is 329 g/mol. The van der Waals surface area contributed by atoms with Crippen molar-refractivity contribution in [3.8, 4) is 0 Å². The number of nitrogens with zero attached hydrogens (tertiary/aromatic N) is 1. The molecule has 0 aliphatic carbocycles. The predicted octanol–water partition coefficient (Wildman–Crippen LogP) is 3.87. The number of carbonyl (C=O) groups excluding carboxylic acids is 1. The molecule has 0 aromatic heterocycles. The van der Waals surface area contributed by atoms with Crippen molar-refractivity contribution >= 4 is 18.7 Å². The summed E-state index contributed by atoms with van der Waals surface area (Å²) in [5, 5.41) is 0. The zero-order valence-electron chi connectivity index (χ0n) is 17.2. The molecule has 1 heterocycles. The van der Waals surface area contributed by atoms with Gasteiger partial charge in [-0.3, -0.25) is 4.90 Å². The van der Waals surface area contributed by atoms with Crippen LogP contribution in [0.1, 0.15) is 66.0 Å². The average Bonchev–Trinajstić information content (AvgIpc) is 2.97. The minimum absolute atomic E-state index is 0.286. The van der Waals surface area contributed by atoms with Crippen molar-refractivity contribution in [3.05, 3.63) is 29.3 Å². The van der Waals surface area contributed by atoms with Gasteiger partial charge >= 0.3 is 13.2 Å². The van der Waals surface area contributed by atoms with Gasteiger partial charge < -0.3 is 14.0 Å². The van der Waals surface area contributed by atoms with Crippen LogP contribution in [-0.4, -0.2) is 35.9 Å². The lowest BCUT2D eigenvalue weighted by Gasteiger charge is -2.29. The van der Waals surface area contributed by atoms with E-state index in [0.717, 1.165) is 23.0 Å². The van der Waals surface area contributed by atoms with Crippen LogP contribution in [0, 0.1) is 0 Å². The smallest absolute Gasteiger partial charge is 0.444 e. The highest BCUT2D eigenvalue weighted by molar-refractivity contribution is 6.62. The third-order valence-corrected chi connectivity index (χ3v) is 4.52. The Hall–Kier alpha value is -1.53. The fourth-order valence-corrected chi connectivity index (χ4v) is 2.84. The molecule has 5 nitrogen and oxygen atoms in total. The van der Waals surface area contributed by atoms with Gasteiger partial charge in [0.25, 0.3) is 0 Å². The summed E-state index contributed by atoms with van der Waals surface area (Å²) in [6.07, 6.45) is 0.595. The summed E-state index contributed by atoms with van der Waals surface area (Å²) in [6.45, 7) is 15.5. The van der Waals surface area contributed by atoms with Crippen molar-refractivity contribution in [1.82, 2.24) is 4.90 Å². The van der Waals surface area contributed by atoms with Crippen molar-refractivity contribution in [2.45, 2.75) is 79.2 Å². The van der Waals surface area contributed by atoms with E-state index < -0.39 is 12.7 Å². The minimum atomic E-state index is -0.503. The first-order chi connectivity index (χ1) is 12.1. The van der Waals surface area contributed by atoms with Gasteiger partial charge in [-0.15, -0.1) is 0 Å². The highest BCUT2D eigenvalue weighted by Crippen LogP contribution is 2.25. The molecule has 1 aliphatic heterocycles. The molecule has 1 aliphatic rings. The zero-order chi connectivity index (χ0) is 19.5. The van der Waals surface area contributed by atoms with Crippen LogP contribution >= 0.6 is 0 Å². The predicted molar refractivity (Wildman–Crippen MR) is 104 cm³/mol. The van der Waals surface area contributed by atoms with Gasteiger partial charge in [-0.2, -0.15) is 0 Å². The van der Waals surface area contributed by atoms with Crippen molar-refractivity contribution in [1.29, 1.82) is 0 Å². The largest absolute Gasteiger partial charge is 0.494 e. The monoisotopic (exact) mass is 361 g/mol. The van der Waals surface area contributed by atoms with Gasteiger partial charge in [0.15, 0.2) is 0 Å². The van der Waals surface area contributed by atoms with Crippen LogP contribution < -0.4 is 5.46 Å². The van der Waals surface area contributed by atoms with E-state index in [0.29, 0.717) is 19.7 Å². The highest BCUT2D eigenvalue weighted by Gasteiger charge is 2.35. The molecule has 0 radical (unpaired) electrons. The molecule has 0 atom stereocenters. The number of rotatable bonds is 6. The van der Waals surface area contributed by atoms with Crippen LogP contribution in [0.15, 0.2) is 18.2 Å². The van der Waals surface area contributed by atoms with Crippen LogP contribution in [0.5, 0.6) is 0 Å². The number of hydrogen-bond donors (Lipinski definition) is 0. The lowest BCUT2D eigenvalue weighted by atomic mass is 9.74. The lowest BCUT2D eigenvalue weighted by molar-refractivity contribution is 0.0241. The Bertz CT molecular complexity index is 639. The highest BCUT2D eigenvalue weighted by atomic mass is 16.6. The molecule has 2 rings (SSSR count). The molecular formula is C20H32BNO4. The molecule has 1 aromatic carbocycles. The summed E-state index contributed by atoms with van der Waals surface area (Å²) in [6, 6.07) is 6.09. The van der Waals surface area contributed by atoms with Gasteiger partial charge in [0, 0.05) is 25.3 Å². The summed E-state index contributed by atoms with van der Waals surface area (Å²) in [5.41, 5.74) is 2.43. The Morgan fingerprint density at radius 1 is 1.15 bits per heavy atom. The SMILES string of the molecule is CCOB(OC(C)(C)CC)c1cccc2c1CN(C(=O)OC(C)(C)C)C2. The van der Waals surface area contributed by atoms with E-state index in [1.54, 1.807) is 4.90 Å². The topological polar surface area (TPSA) is 48.0 Å². The number of fused-ring (bicyclic) bond motifs is 1. The Kier molecular flexibility index (Phi) is 6.40. The third kappa shape index (κ3) is 5.24. The summed E-state index contributed by atoms with van der Waals surface area (Å²) in [4.78, 5) is 14.2. The second-order valence-corrected chi connectivity index (χ2v) is 8.34. The summed E-state index contributed by atoms with van der Waals surface area (Å²) in [5.74, 6) is 0. The molecule has 6 heteroatoms. The number of benzene rings is 1. The van der Waals surface area contributed by atoms with Gasteiger partial charge in [-0.1, -0.05) is 25.1 Å².